The highest BCUT2D eigenvalue weighted by molar-refractivity contribution is 7.89. The van der Waals surface area contributed by atoms with Gasteiger partial charge in [-0.2, -0.15) is 4.31 Å². The molecule has 1 saturated heterocycles. The van der Waals surface area contributed by atoms with E-state index in [-0.39, 0.29) is 48.8 Å². The van der Waals surface area contributed by atoms with Gasteiger partial charge in [-0.25, -0.2) is 18.2 Å². The van der Waals surface area contributed by atoms with Crippen LogP contribution in [0.5, 0.6) is 5.75 Å². The largest absolute Gasteiger partial charge is 0.497 e. The molecule has 0 radical (unpaired) electrons. The molecule has 4 aromatic rings. The van der Waals surface area contributed by atoms with Crippen LogP contribution in [0.4, 0.5) is 4.79 Å². The molecule has 3 amide bonds. The van der Waals surface area contributed by atoms with E-state index in [0.717, 1.165) is 16.6 Å². The minimum Gasteiger partial charge on any atom is -0.497 e. The van der Waals surface area contributed by atoms with E-state index in [2.05, 4.69) is 15.3 Å². The summed E-state index contributed by atoms with van der Waals surface area (Å²) in [6.07, 6.45) is 0.640. The monoisotopic (exact) mass is 716 g/mol. The second-order valence-corrected chi connectivity index (χ2v) is 15.6. The number of nitrogens with zero attached hydrogens (tertiary/aromatic N) is 5. The number of hydrogen-bond donors (Lipinski definition) is 2. The number of sulfonamides is 1. The molecule has 13 heteroatoms. The number of aliphatic hydroxyl groups is 1. The van der Waals surface area contributed by atoms with Crippen molar-refractivity contribution in [3.63, 3.8) is 0 Å². The van der Waals surface area contributed by atoms with Crippen LogP contribution in [0, 0.1) is 11.8 Å². The van der Waals surface area contributed by atoms with Crippen molar-refractivity contribution in [2.75, 3.05) is 33.3 Å². The minimum atomic E-state index is -4.01. The summed E-state index contributed by atoms with van der Waals surface area (Å²) in [5, 5.41) is 14.8. The van der Waals surface area contributed by atoms with Gasteiger partial charge in [0.25, 0.3) is 0 Å². The lowest BCUT2D eigenvalue weighted by atomic mass is 9.97. The van der Waals surface area contributed by atoms with E-state index in [9.17, 15) is 23.1 Å². The molecule has 2 N–H and O–H groups in total. The Labute approximate surface area is 300 Å². The van der Waals surface area contributed by atoms with Crippen molar-refractivity contribution in [1.82, 2.24) is 29.4 Å². The molecule has 3 aromatic carbocycles. The van der Waals surface area contributed by atoms with Gasteiger partial charge >= 0.3 is 6.03 Å². The Bertz CT molecular complexity index is 1890. The van der Waals surface area contributed by atoms with E-state index < -0.39 is 34.1 Å². The molecule has 1 aromatic heterocycles. The van der Waals surface area contributed by atoms with E-state index in [0.29, 0.717) is 24.5 Å². The van der Waals surface area contributed by atoms with Gasteiger partial charge in [0.05, 0.1) is 53.6 Å². The van der Waals surface area contributed by atoms with Gasteiger partial charge in [-0.05, 0) is 60.2 Å². The molecular weight excluding hydrogens is 669 g/mol. The molecule has 0 aliphatic carbocycles. The molecule has 1 aliphatic rings. The lowest BCUT2D eigenvalue weighted by Gasteiger charge is -2.34. The van der Waals surface area contributed by atoms with E-state index in [1.165, 1.54) is 23.5 Å². The first-order valence-corrected chi connectivity index (χ1v) is 18.7. The van der Waals surface area contributed by atoms with Crippen molar-refractivity contribution in [3.05, 3.63) is 96.3 Å². The van der Waals surface area contributed by atoms with Crippen LogP contribution < -0.4 is 10.1 Å². The van der Waals surface area contributed by atoms with Gasteiger partial charge in [0, 0.05) is 26.2 Å². The topological polar surface area (TPSA) is 145 Å². The number of ether oxygens (including phenoxy) is 1. The van der Waals surface area contributed by atoms with Crippen molar-refractivity contribution in [3.8, 4) is 5.75 Å². The SMILES string of the molecule is COc1ccc(S(=O)(=O)N(CC(C)C)C[C@H](O)[C@H](Cc2ccccc2)NC(=O)[C@H](C(C)C)N2CCN(Cc3cnc4ccccc4n3)C2=O)cc1. The average molecular weight is 717 g/mol. The summed E-state index contributed by atoms with van der Waals surface area (Å²) in [7, 11) is -2.50. The fraction of sp³-hybridized carbons (Fsp3) is 0.421. The van der Waals surface area contributed by atoms with Crippen LogP contribution >= 0.6 is 0 Å². The van der Waals surface area contributed by atoms with Gasteiger partial charge < -0.3 is 25.0 Å². The summed E-state index contributed by atoms with van der Waals surface area (Å²) in [6, 6.07) is 21.1. The standard InChI is InChI=1S/C38H48N6O6S/c1-26(2)23-43(51(48,49)31-17-15-30(50-5)16-18-31)25-35(45)34(21-28-11-7-6-8-12-28)41-37(46)36(27(3)4)44-20-19-42(38(44)47)24-29-22-39-32-13-9-10-14-33(32)40-29/h6-18,22,26-27,34-36,45H,19-21,23-25H2,1-5H3,(H,41,46)/t34-,35-,36-/m0/s1. The number of aromatic nitrogens is 2. The van der Waals surface area contributed by atoms with Gasteiger partial charge in [0.15, 0.2) is 0 Å². The first-order valence-electron chi connectivity index (χ1n) is 17.3. The Hall–Kier alpha value is -4.59. The summed E-state index contributed by atoms with van der Waals surface area (Å²) in [5.41, 5.74) is 3.02. The van der Waals surface area contributed by atoms with E-state index >= 15 is 0 Å². The maximum atomic E-state index is 14.2. The zero-order chi connectivity index (χ0) is 36.7. The third-order valence-electron chi connectivity index (χ3n) is 8.96. The molecule has 5 rings (SSSR count). The molecule has 1 fully saturated rings. The van der Waals surface area contributed by atoms with Crippen molar-refractivity contribution in [1.29, 1.82) is 0 Å². The van der Waals surface area contributed by atoms with Crippen molar-refractivity contribution >= 4 is 33.0 Å². The number of para-hydroxylation sites is 2. The number of rotatable bonds is 16. The first-order chi connectivity index (χ1) is 24.4. The maximum absolute atomic E-state index is 14.2. The number of hydrogen-bond acceptors (Lipinski definition) is 8. The van der Waals surface area contributed by atoms with Crippen LogP contribution in [0.3, 0.4) is 0 Å². The summed E-state index contributed by atoms with van der Waals surface area (Å²) < 4.78 is 34.2. The number of fused-ring (bicyclic) bond motifs is 1. The van der Waals surface area contributed by atoms with Gasteiger partial charge in [0.2, 0.25) is 15.9 Å². The number of nitrogens with one attached hydrogen (secondary N) is 1. The van der Waals surface area contributed by atoms with Crippen molar-refractivity contribution < 1.29 is 27.9 Å². The number of carbonyl (C=O) groups is 2. The Morgan fingerprint density at radius 1 is 0.941 bits per heavy atom. The maximum Gasteiger partial charge on any atom is 0.321 e. The van der Waals surface area contributed by atoms with Gasteiger partial charge in [-0.3, -0.25) is 9.78 Å². The Kier molecular flexibility index (Phi) is 12.3. The lowest BCUT2D eigenvalue weighted by Crippen LogP contribution is -2.57. The molecule has 3 atom stereocenters. The molecule has 2 heterocycles. The second-order valence-electron chi connectivity index (χ2n) is 13.7. The van der Waals surface area contributed by atoms with Crippen LogP contribution in [0.15, 0.2) is 90.0 Å². The summed E-state index contributed by atoms with van der Waals surface area (Å²) >= 11 is 0. The molecule has 0 spiro atoms. The third-order valence-corrected chi connectivity index (χ3v) is 10.8. The van der Waals surface area contributed by atoms with Crippen LogP contribution in [-0.2, 0) is 27.8 Å². The molecular formula is C38H48N6O6S. The van der Waals surface area contributed by atoms with Gasteiger partial charge in [0.1, 0.15) is 11.8 Å². The predicted octanol–water partition coefficient (Wildman–Crippen LogP) is 4.34. The van der Waals surface area contributed by atoms with Crippen molar-refractivity contribution in [2.24, 2.45) is 11.8 Å². The Morgan fingerprint density at radius 3 is 2.25 bits per heavy atom. The zero-order valence-electron chi connectivity index (χ0n) is 29.8. The molecule has 0 saturated carbocycles. The number of carbonyl (C=O) groups excluding carboxylic acids is 2. The second kappa shape index (κ2) is 16.6. The normalized spacial score (nSPS) is 15.5. The fourth-order valence-electron chi connectivity index (χ4n) is 6.41. The highest BCUT2D eigenvalue weighted by atomic mass is 32.2. The number of benzene rings is 3. The quantitative estimate of drug-likeness (QED) is 0.174. The fourth-order valence-corrected chi connectivity index (χ4v) is 8.03. The average Bonchev–Trinajstić information content (AvgIpc) is 3.46. The third kappa shape index (κ3) is 9.21. The zero-order valence-corrected chi connectivity index (χ0v) is 30.7. The van der Waals surface area contributed by atoms with Crippen molar-refractivity contribution in [2.45, 2.75) is 63.7 Å². The van der Waals surface area contributed by atoms with Crippen LogP contribution in [0.1, 0.15) is 39.0 Å². The van der Waals surface area contributed by atoms with Crippen LogP contribution in [0.2, 0.25) is 0 Å². The number of urea groups is 1. The number of aliphatic hydroxyl groups excluding tert-OH is 1. The predicted molar refractivity (Wildman–Crippen MR) is 195 cm³/mol. The first kappa shape index (κ1) is 37.7. The summed E-state index contributed by atoms with van der Waals surface area (Å²) in [4.78, 5) is 40.4. The minimum absolute atomic E-state index is 0.0394. The molecule has 272 valence electrons. The van der Waals surface area contributed by atoms with Crippen LogP contribution in [-0.4, -0.2) is 101 Å². The molecule has 1 aliphatic heterocycles. The van der Waals surface area contributed by atoms with E-state index in [1.54, 1.807) is 28.1 Å². The lowest BCUT2D eigenvalue weighted by molar-refractivity contribution is -0.128. The molecule has 0 bridgehead atoms. The highest BCUT2D eigenvalue weighted by Crippen LogP contribution is 2.24. The smallest absolute Gasteiger partial charge is 0.321 e. The van der Waals surface area contributed by atoms with Crippen LogP contribution in [0.25, 0.3) is 11.0 Å². The summed E-state index contributed by atoms with van der Waals surface area (Å²) in [5.74, 6) is -0.185. The molecule has 51 heavy (non-hydrogen) atoms. The number of amides is 3. The van der Waals surface area contributed by atoms with E-state index in [1.807, 2.05) is 82.3 Å². The summed E-state index contributed by atoms with van der Waals surface area (Å²) in [6.45, 7) is 8.48. The molecule has 12 nitrogen and oxygen atoms in total. The Morgan fingerprint density at radius 2 is 1.61 bits per heavy atom. The highest BCUT2D eigenvalue weighted by Gasteiger charge is 2.40. The number of methoxy groups -OCH3 is 1. The van der Waals surface area contributed by atoms with E-state index in [4.69, 9.17) is 4.74 Å². The molecule has 0 unspecified atom stereocenters. The Balaban J connectivity index is 1.35. The van der Waals surface area contributed by atoms with Gasteiger partial charge in [-0.15, -0.1) is 0 Å². The van der Waals surface area contributed by atoms with Gasteiger partial charge in [-0.1, -0.05) is 70.2 Å².